The third-order valence-electron chi connectivity index (χ3n) is 2.21. The first kappa shape index (κ1) is 10.5. The largest absolute Gasteiger partial charge is 0.316 e. The zero-order chi connectivity index (χ0) is 8.39. The molecule has 0 aliphatic carbocycles. The molecule has 1 unspecified atom stereocenters. The van der Waals surface area contributed by atoms with E-state index < -0.39 is 0 Å². The van der Waals surface area contributed by atoms with Crippen molar-refractivity contribution in [3.8, 4) is 0 Å². The van der Waals surface area contributed by atoms with Gasteiger partial charge in [0.15, 0.2) is 5.82 Å². The highest BCUT2D eigenvalue weighted by Crippen LogP contribution is 2.09. The van der Waals surface area contributed by atoms with Crippen LogP contribution in [-0.2, 0) is 6.54 Å². The molecule has 5 heteroatoms. The Morgan fingerprint density at radius 3 is 3.08 bits per heavy atom. The van der Waals surface area contributed by atoms with Gasteiger partial charge in [-0.25, -0.2) is 4.39 Å². The lowest BCUT2D eigenvalue weighted by Gasteiger charge is -2.06. The van der Waals surface area contributed by atoms with Gasteiger partial charge in [0.25, 0.3) is 0 Å². The molecule has 1 aliphatic heterocycles. The fourth-order valence-corrected chi connectivity index (χ4v) is 1.57. The summed E-state index contributed by atoms with van der Waals surface area (Å²) in [6.07, 6.45) is 3.86. The molecular weight excluding hydrogens is 193 g/mol. The van der Waals surface area contributed by atoms with Crippen LogP contribution in [-0.4, -0.2) is 22.9 Å². The molecule has 0 saturated carbocycles. The molecule has 74 valence electrons. The predicted molar refractivity (Wildman–Crippen MR) is 50.4 cm³/mol. The summed E-state index contributed by atoms with van der Waals surface area (Å²) < 4.78 is 14.2. The molecule has 1 atom stereocenters. The van der Waals surface area contributed by atoms with E-state index in [9.17, 15) is 4.39 Å². The highest BCUT2D eigenvalue weighted by Gasteiger charge is 2.14. The van der Waals surface area contributed by atoms with Crippen molar-refractivity contribution in [3.05, 3.63) is 18.2 Å². The van der Waals surface area contributed by atoms with Gasteiger partial charge >= 0.3 is 0 Å². The topological polar surface area (TPSA) is 29.9 Å². The van der Waals surface area contributed by atoms with Gasteiger partial charge in [-0.05, 0) is 25.4 Å². The fourth-order valence-electron chi connectivity index (χ4n) is 1.57. The number of rotatable bonds is 2. The van der Waals surface area contributed by atoms with Crippen molar-refractivity contribution in [2.45, 2.75) is 13.0 Å². The molecule has 0 amide bonds. The number of hydrogen-bond donors (Lipinski definition) is 1. The molecular formula is C8H13ClFN3. The van der Waals surface area contributed by atoms with Gasteiger partial charge in [0.1, 0.15) is 0 Å². The minimum Gasteiger partial charge on any atom is -0.316 e. The summed E-state index contributed by atoms with van der Waals surface area (Å²) in [6, 6.07) is 0. The monoisotopic (exact) mass is 205 g/mol. The Labute approximate surface area is 82.7 Å². The van der Waals surface area contributed by atoms with E-state index in [0.717, 1.165) is 19.6 Å². The number of nitrogens with zero attached hydrogens (tertiary/aromatic N) is 2. The van der Waals surface area contributed by atoms with Crippen LogP contribution in [0.25, 0.3) is 0 Å². The van der Waals surface area contributed by atoms with Crippen molar-refractivity contribution >= 4 is 12.4 Å². The lowest BCUT2D eigenvalue weighted by molar-refractivity contribution is 0.447. The SMILES string of the molecule is Cl.Fc1cnn(CC2CCNC2)c1. The zero-order valence-corrected chi connectivity index (χ0v) is 8.06. The Kier molecular flexibility index (Phi) is 3.69. The quantitative estimate of drug-likeness (QED) is 0.783. The molecule has 0 bridgehead atoms. The highest BCUT2D eigenvalue weighted by molar-refractivity contribution is 5.85. The lowest BCUT2D eigenvalue weighted by atomic mass is 10.1. The van der Waals surface area contributed by atoms with Crippen molar-refractivity contribution < 1.29 is 4.39 Å². The Morgan fingerprint density at radius 1 is 1.69 bits per heavy atom. The van der Waals surface area contributed by atoms with E-state index in [1.807, 2.05) is 0 Å². The Morgan fingerprint density at radius 2 is 2.54 bits per heavy atom. The van der Waals surface area contributed by atoms with Gasteiger partial charge < -0.3 is 5.32 Å². The highest BCUT2D eigenvalue weighted by atomic mass is 35.5. The van der Waals surface area contributed by atoms with Crippen molar-refractivity contribution in [2.24, 2.45) is 5.92 Å². The van der Waals surface area contributed by atoms with Crippen molar-refractivity contribution in [3.63, 3.8) is 0 Å². The van der Waals surface area contributed by atoms with Gasteiger partial charge in [0, 0.05) is 6.54 Å². The summed E-state index contributed by atoms with van der Waals surface area (Å²) >= 11 is 0. The van der Waals surface area contributed by atoms with E-state index in [2.05, 4.69) is 10.4 Å². The minimum absolute atomic E-state index is 0. The minimum atomic E-state index is -0.249. The van der Waals surface area contributed by atoms with Crippen LogP contribution in [0.15, 0.2) is 12.4 Å². The van der Waals surface area contributed by atoms with Gasteiger partial charge in [-0.2, -0.15) is 5.10 Å². The van der Waals surface area contributed by atoms with Gasteiger partial charge in [0.05, 0.1) is 12.4 Å². The Hall–Kier alpha value is -0.610. The van der Waals surface area contributed by atoms with Gasteiger partial charge in [-0.3, -0.25) is 4.68 Å². The molecule has 1 saturated heterocycles. The van der Waals surface area contributed by atoms with Crippen LogP contribution in [0.2, 0.25) is 0 Å². The normalized spacial score (nSPS) is 21.5. The maximum absolute atomic E-state index is 12.5. The van der Waals surface area contributed by atoms with Crippen LogP contribution in [0.5, 0.6) is 0 Å². The zero-order valence-electron chi connectivity index (χ0n) is 7.24. The van der Waals surface area contributed by atoms with Crippen LogP contribution in [0.4, 0.5) is 4.39 Å². The molecule has 3 nitrogen and oxygen atoms in total. The Balaban J connectivity index is 0.000000845. The summed E-state index contributed by atoms with van der Waals surface area (Å²) in [6.45, 7) is 2.94. The fraction of sp³-hybridized carbons (Fsp3) is 0.625. The molecule has 13 heavy (non-hydrogen) atoms. The maximum atomic E-state index is 12.5. The van der Waals surface area contributed by atoms with Crippen LogP contribution >= 0.6 is 12.4 Å². The number of hydrogen-bond acceptors (Lipinski definition) is 2. The van der Waals surface area contributed by atoms with E-state index in [1.54, 1.807) is 4.68 Å². The standard InChI is InChI=1S/C8H12FN3.ClH/c9-8-4-11-12(6-8)5-7-1-2-10-3-7;/h4,6-7,10H,1-3,5H2;1H. The van der Waals surface area contributed by atoms with E-state index in [1.165, 1.54) is 18.8 Å². The van der Waals surface area contributed by atoms with Crippen LogP contribution in [0.1, 0.15) is 6.42 Å². The van der Waals surface area contributed by atoms with E-state index in [0.29, 0.717) is 5.92 Å². The average Bonchev–Trinajstić information content (AvgIpc) is 2.63. The van der Waals surface area contributed by atoms with Gasteiger partial charge in [0.2, 0.25) is 0 Å². The molecule has 1 N–H and O–H groups in total. The molecule has 0 aromatic carbocycles. The second kappa shape index (κ2) is 4.58. The molecule has 1 aromatic rings. The predicted octanol–water partition coefficient (Wildman–Crippen LogP) is 1.05. The first-order chi connectivity index (χ1) is 5.84. The molecule has 1 aliphatic rings. The van der Waals surface area contributed by atoms with Gasteiger partial charge in [-0.15, -0.1) is 12.4 Å². The average molecular weight is 206 g/mol. The molecule has 1 fully saturated rings. The second-order valence-electron chi connectivity index (χ2n) is 3.24. The molecule has 1 aromatic heterocycles. The third-order valence-corrected chi connectivity index (χ3v) is 2.21. The third kappa shape index (κ3) is 2.67. The maximum Gasteiger partial charge on any atom is 0.161 e. The van der Waals surface area contributed by atoms with E-state index >= 15 is 0 Å². The summed E-state index contributed by atoms with van der Waals surface area (Å²) in [5.74, 6) is 0.366. The van der Waals surface area contributed by atoms with Gasteiger partial charge in [-0.1, -0.05) is 0 Å². The molecule has 0 spiro atoms. The smallest absolute Gasteiger partial charge is 0.161 e. The van der Waals surface area contributed by atoms with E-state index in [-0.39, 0.29) is 18.2 Å². The van der Waals surface area contributed by atoms with Crippen LogP contribution < -0.4 is 5.32 Å². The Bertz CT molecular complexity index is 258. The summed E-state index contributed by atoms with van der Waals surface area (Å²) in [4.78, 5) is 0. The number of halogens is 2. The lowest BCUT2D eigenvalue weighted by Crippen LogP contribution is -2.14. The van der Waals surface area contributed by atoms with E-state index in [4.69, 9.17) is 0 Å². The van der Waals surface area contributed by atoms with Crippen molar-refractivity contribution in [2.75, 3.05) is 13.1 Å². The molecule has 2 rings (SSSR count). The van der Waals surface area contributed by atoms with Crippen LogP contribution in [0, 0.1) is 11.7 Å². The molecule has 0 radical (unpaired) electrons. The van der Waals surface area contributed by atoms with Crippen molar-refractivity contribution in [1.82, 2.24) is 15.1 Å². The number of nitrogens with one attached hydrogen (secondary N) is 1. The summed E-state index contributed by atoms with van der Waals surface area (Å²) in [5.41, 5.74) is 0. The molecule has 2 heterocycles. The van der Waals surface area contributed by atoms with Crippen LogP contribution in [0.3, 0.4) is 0 Å². The number of aromatic nitrogens is 2. The summed E-state index contributed by atoms with van der Waals surface area (Å²) in [7, 11) is 0. The first-order valence-corrected chi connectivity index (χ1v) is 4.23. The second-order valence-corrected chi connectivity index (χ2v) is 3.24. The first-order valence-electron chi connectivity index (χ1n) is 4.23. The summed E-state index contributed by atoms with van der Waals surface area (Å²) in [5, 5.41) is 7.16. The van der Waals surface area contributed by atoms with Crippen molar-refractivity contribution in [1.29, 1.82) is 0 Å².